The molecule has 0 saturated carbocycles. The number of fused-ring (bicyclic) bond motifs is 8. The second-order valence-electron chi connectivity index (χ2n) is 12.9. The van der Waals surface area contributed by atoms with Gasteiger partial charge in [-0.05, 0) is 77.4 Å². The number of nitrogens with zero attached hydrogens (tertiary/aromatic N) is 2. The van der Waals surface area contributed by atoms with Crippen molar-refractivity contribution in [3.05, 3.63) is 161 Å². The maximum atomic E-state index is 15.8. The van der Waals surface area contributed by atoms with Crippen molar-refractivity contribution in [3.8, 4) is 50.3 Å². The summed E-state index contributed by atoms with van der Waals surface area (Å²) >= 11 is 0. The van der Waals surface area contributed by atoms with Crippen LogP contribution in [0.15, 0.2) is 109 Å². The van der Waals surface area contributed by atoms with Crippen LogP contribution in [0.25, 0.3) is 90.9 Å². The molecule has 8 bridgehead atoms. The predicted octanol–water partition coefficient (Wildman–Crippen LogP) is 12.0. The Labute approximate surface area is 310 Å². The molecule has 5 heterocycles. The molecule has 55 heavy (non-hydrogen) atoms. The van der Waals surface area contributed by atoms with E-state index in [0.29, 0.717) is 45.0 Å². The number of hydrogen-bond donors (Lipinski definition) is 2. The Morgan fingerprint density at radius 2 is 0.727 bits per heavy atom. The summed E-state index contributed by atoms with van der Waals surface area (Å²) in [5.41, 5.74) is 6.66. The van der Waals surface area contributed by atoms with E-state index >= 15 is 8.78 Å². The number of H-pyrrole nitrogens is 2. The van der Waals surface area contributed by atoms with E-state index in [2.05, 4.69) is 9.97 Å². The normalized spacial score (nSPS) is 12.0. The molecule has 9 rings (SSSR count). The lowest BCUT2D eigenvalue weighted by atomic mass is 10.0. The summed E-state index contributed by atoms with van der Waals surface area (Å²) in [6.45, 7) is 0. The van der Waals surface area contributed by atoms with E-state index in [1.807, 2.05) is 97.1 Å². The molecule has 0 fully saturated rings. The van der Waals surface area contributed by atoms with Crippen molar-refractivity contribution in [2.24, 2.45) is 0 Å². The number of aromatic amines is 2. The Morgan fingerprint density at radius 3 is 1.13 bits per heavy atom. The Bertz CT molecular complexity index is 2870. The topological polar surface area (TPSA) is 66.6 Å². The maximum Gasteiger partial charge on any atom is 0.200 e. The molecule has 10 heteroatoms. The number of methoxy groups -OCH3 is 1. The SMILES string of the molecule is COc1ccc(-c2c3nc(c(-c4c(F)c(F)c(F)c(F)c4F)c4ccc([nH]4)c(-c4ccccc4)c4nc(c(-c5ccccc5)c5ccc2[nH]5)C=C4)C=C3)cc1. The summed E-state index contributed by atoms with van der Waals surface area (Å²) in [5, 5.41) is 0. The van der Waals surface area contributed by atoms with Crippen LogP contribution in [-0.4, -0.2) is 27.0 Å². The Balaban J connectivity index is 1.50. The standard InChI is InChI=1S/C45H27F5N4O/c1-55-27-14-12-26(13-15-27)38-32-19-18-29(52-32)36(24-8-4-2-5-9-24)28-16-17-30(51-28)37(25-10-6-3-7-11-25)31-20-22-34(53-31)39(35-23-21-33(38)54-35)40-41(46)43(48)45(50)44(49)42(40)47/h2-23,52-53H,1H3. The number of ether oxygens (including phenoxy) is 1. The number of benzene rings is 4. The fourth-order valence-corrected chi connectivity index (χ4v) is 7.17. The smallest absolute Gasteiger partial charge is 0.200 e. The van der Waals surface area contributed by atoms with Crippen LogP contribution in [0.3, 0.4) is 0 Å². The van der Waals surface area contributed by atoms with Crippen LogP contribution in [-0.2, 0) is 0 Å². The average Bonchev–Trinajstić information content (AvgIpc) is 4.06. The lowest BCUT2D eigenvalue weighted by Crippen LogP contribution is -2.05. The minimum Gasteiger partial charge on any atom is -0.497 e. The van der Waals surface area contributed by atoms with Gasteiger partial charge in [0.05, 0.1) is 35.4 Å². The van der Waals surface area contributed by atoms with Crippen molar-refractivity contribution in [2.45, 2.75) is 0 Å². The van der Waals surface area contributed by atoms with E-state index < -0.39 is 34.6 Å². The van der Waals surface area contributed by atoms with E-state index in [-0.39, 0.29) is 16.8 Å². The summed E-state index contributed by atoms with van der Waals surface area (Å²) in [6, 6.07) is 33.7. The molecule has 2 aliphatic rings. The first-order valence-corrected chi connectivity index (χ1v) is 17.2. The zero-order chi connectivity index (χ0) is 37.8. The molecule has 0 atom stereocenters. The van der Waals surface area contributed by atoms with Crippen molar-refractivity contribution in [1.29, 1.82) is 0 Å². The van der Waals surface area contributed by atoms with Crippen LogP contribution >= 0.6 is 0 Å². The zero-order valence-corrected chi connectivity index (χ0v) is 28.9. The van der Waals surface area contributed by atoms with E-state index in [1.54, 1.807) is 31.4 Å². The lowest BCUT2D eigenvalue weighted by molar-refractivity contribution is 0.381. The monoisotopic (exact) mass is 734 g/mol. The summed E-state index contributed by atoms with van der Waals surface area (Å²) in [5.74, 6) is -9.71. The first-order chi connectivity index (χ1) is 26.8. The third kappa shape index (κ3) is 5.70. The van der Waals surface area contributed by atoms with Gasteiger partial charge in [0.1, 0.15) is 5.75 Å². The molecule has 3 aromatic heterocycles. The highest BCUT2D eigenvalue weighted by Gasteiger charge is 2.30. The van der Waals surface area contributed by atoms with Gasteiger partial charge in [-0.25, -0.2) is 31.9 Å². The zero-order valence-electron chi connectivity index (χ0n) is 28.9. The lowest BCUT2D eigenvalue weighted by Gasteiger charge is -2.10. The molecular weight excluding hydrogens is 708 g/mol. The highest BCUT2D eigenvalue weighted by atomic mass is 19.2. The molecule has 5 nitrogen and oxygen atoms in total. The molecule has 7 aromatic rings. The second-order valence-corrected chi connectivity index (χ2v) is 12.9. The fourth-order valence-electron chi connectivity index (χ4n) is 7.17. The number of nitrogens with one attached hydrogen (secondary N) is 2. The number of hydrogen-bond acceptors (Lipinski definition) is 3. The van der Waals surface area contributed by atoms with Crippen LogP contribution in [0, 0.1) is 29.1 Å². The molecule has 0 spiro atoms. The quantitative estimate of drug-likeness (QED) is 0.105. The van der Waals surface area contributed by atoms with E-state index in [1.165, 1.54) is 12.1 Å². The molecule has 2 aliphatic heterocycles. The number of aromatic nitrogens is 4. The number of rotatable bonds is 5. The van der Waals surface area contributed by atoms with Gasteiger partial charge in [-0.3, -0.25) is 0 Å². The molecule has 0 aliphatic carbocycles. The van der Waals surface area contributed by atoms with Gasteiger partial charge in [0.25, 0.3) is 0 Å². The van der Waals surface area contributed by atoms with Crippen LogP contribution in [0.1, 0.15) is 22.8 Å². The summed E-state index contributed by atoms with van der Waals surface area (Å²) < 4.78 is 81.2. The van der Waals surface area contributed by atoms with Crippen LogP contribution in [0.2, 0.25) is 0 Å². The van der Waals surface area contributed by atoms with Crippen LogP contribution < -0.4 is 4.74 Å². The Morgan fingerprint density at radius 1 is 0.382 bits per heavy atom. The van der Waals surface area contributed by atoms with Crippen molar-refractivity contribution in [1.82, 2.24) is 19.9 Å². The van der Waals surface area contributed by atoms with Gasteiger partial charge in [0.2, 0.25) is 5.82 Å². The first-order valence-electron chi connectivity index (χ1n) is 17.2. The van der Waals surface area contributed by atoms with Crippen molar-refractivity contribution in [2.75, 3.05) is 7.11 Å². The largest absolute Gasteiger partial charge is 0.497 e. The summed E-state index contributed by atoms with van der Waals surface area (Å²) in [4.78, 5) is 16.8. The number of halogens is 5. The highest BCUT2D eigenvalue weighted by Crippen LogP contribution is 2.40. The van der Waals surface area contributed by atoms with E-state index in [4.69, 9.17) is 14.7 Å². The van der Waals surface area contributed by atoms with E-state index in [0.717, 1.165) is 27.8 Å². The second kappa shape index (κ2) is 13.4. The molecule has 0 saturated heterocycles. The summed E-state index contributed by atoms with van der Waals surface area (Å²) in [7, 11) is 1.56. The van der Waals surface area contributed by atoms with Crippen molar-refractivity contribution >= 4 is 46.4 Å². The highest BCUT2D eigenvalue weighted by molar-refractivity contribution is 6.00. The Kier molecular flexibility index (Phi) is 8.23. The van der Waals surface area contributed by atoms with Gasteiger partial charge >= 0.3 is 0 Å². The third-order valence-corrected chi connectivity index (χ3v) is 9.72. The Hall–Kier alpha value is -7.07. The fraction of sp³-hybridized carbons (Fsp3) is 0.0222. The minimum absolute atomic E-state index is 0.0250. The molecule has 0 amide bonds. The van der Waals surface area contributed by atoms with Crippen molar-refractivity contribution < 1.29 is 26.7 Å². The van der Waals surface area contributed by atoms with E-state index in [9.17, 15) is 13.2 Å². The molecule has 0 unspecified atom stereocenters. The van der Waals surface area contributed by atoms with Crippen LogP contribution in [0.5, 0.6) is 5.75 Å². The minimum atomic E-state index is -2.25. The van der Waals surface area contributed by atoms with Gasteiger partial charge in [-0.15, -0.1) is 0 Å². The van der Waals surface area contributed by atoms with Crippen LogP contribution in [0.4, 0.5) is 22.0 Å². The van der Waals surface area contributed by atoms with Gasteiger partial charge in [0.15, 0.2) is 23.3 Å². The van der Waals surface area contributed by atoms with Crippen molar-refractivity contribution in [3.63, 3.8) is 0 Å². The van der Waals surface area contributed by atoms with Gasteiger partial charge < -0.3 is 14.7 Å². The predicted molar refractivity (Wildman–Crippen MR) is 207 cm³/mol. The molecule has 4 aromatic carbocycles. The van der Waals surface area contributed by atoms with Gasteiger partial charge in [-0.2, -0.15) is 0 Å². The average molecular weight is 735 g/mol. The third-order valence-electron chi connectivity index (χ3n) is 9.72. The molecule has 268 valence electrons. The van der Waals surface area contributed by atoms with Gasteiger partial charge in [-0.1, -0.05) is 72.8 Å². The first kappa shape index (κ1) is 33.7. The van der Waals surface area contributed by atoms with Gasteiger partial charge in [0, 0.05) is 44.3 Å². The molecule has 0 radical (unpaired) electrons. The molecular formula is C45H27F5N4O. The molecule has 2 N–H and O–H groups in total. The maximum absolute atomic E-state index is 15.8. The summed E-state index contributed by atoms with van der Waals surface area (Å²) in [6.07, 6.45) is 6.96.